The molecule has 25 heavy (non-hydrogen) atoms. The van der Waals surface area contributed by atoms with Gasteiger partial charge in [-0.2, -0.15) is 0 Å². The normalized spacial score (nSPS) is 12.3. The maximum Gasteiger partial charge on any atom is 0.329 e. The second-order valence-corrected chi connectivity index (χ2v) is 6.51. The summed E-state index contributed by atoms with van der Waals surface area (Å²) in [6.07, 6.45) is 0. The first-order valence-corrected chi connectivity index (χ1v) is 8.36. The molecule has 0 bridgehead atoms. The van der Waals surface area contributed by atoms with Gasteiger partial charge in [0.15, 0.2) is 0 Å². The molecule has 1 aromatic heterocycles. The zero-order valence-corrected chi connectivity index (χ0v) is 15.1. The molecule has 0 N–H and O–H groups in total. The molecule has 0 aliphatic heterocycles. The zero-order chi connectivity index (χ0) is 18.1. The zero-order valence-electron chi connectivity index (χ0n) is 15.1. The highest BCUT2D eigenvalue weighted by atomic mass is 16.2. The summed E-state index contributed by atoms with van der Waals surface area (Å²) in [6.45, 7) is 4.07. The first-order chi connectivity index (χ1) is 11.9. The van der Waals surface area contributed by atoms with Gasteiger partial charge in [0.2, 0.25) is 5.91 Å². The van der Waals surface area contributed by atoms with E-state index in [9.17, 15) is 9.59 Å². The van der Waals surface area contributed by atoms with Gasteiger partial charge in [0, 0.05) is 14.1 Å². The van der Waals surface area contributed by atoms with E-state index < -0.39 is 0 Å². The topological polar surface area (TPSA) is 47.2 Å². The van der Waals surface area contributed by atoms with Crippen LogP contribution in [0, 0.1) is 6.92 Å². The van der Waals surface area contributed by atoms with Crippen LogP contribution >= 0.6 is 0 Å². The fraction of sp³-hybridized carbons (Fsp3) is 0.300. The van der Waals surface area contributed by atoms with Gasteiger partial charge >= 0.3 is 5.69 Å². The van der Waals surface area contributed by atoms with E-state index in [4.69, 9.17) is 0 Å². The molecule has 0 saturated heterocycles. The average molecular weight is 337 g/mol. The molecule has 130 valence electrons. The minimum atomic E-state index is -0.175. The van der Waals surface area contributed by atoms with Crippen molar-refractivity contribution < 1.29 is 4.79 Å². The number of fused-ring (bicyclic) bond motifs is 1. The van der Waals surface area contributed by atoms with Gasteiger partial charge < -0.3 is 4.90 Å². The lowest BCUT2D eigenvalue weighted by molar-refractivity contribution is -0.132. The molecule has 1 heterocycles. The van der Waals surface area contributed by atoms with Gasteiger partial charge in [0.05, 0.1) is 17.1 Å². The van der Waals surface area contributed by atoms with Gasteiger partial charge in [-0.05, 0) is 31.5 Å². The van der Waals surface area contributed by atoms with E-state index in [-0.39, 0.29) is 24.2 Å². The number of nitrogens with zero attached hydrogens (tertiary/aromatic N) is 3. The average Bonchev–Trinajstić information content (AvgIpc) is 2.86. The van der Waals surface area contributed by atoms with Crippen molar-refractivity contribution in [3.63, 3.8) is 0 Å². The molecule has 0 radical (unpaired) electrons. The Hall–Kier alpha value is -2.82. The summed E-state index contributed by atoms with van der Waals surface area (Å²) in [5, 5.41) is 0. The third-order valence-electron chi connectivity index (χ3n) is 4.88. The van der Waals surface area contributed by atoms with Crippen LogP contribution in [-0.2, 0) is 18.4 Å². The molecule has 0 spiro atoms. The third kappa shape index (κ3) is 3.09. The van der Waals surface area contributed by atoms with E-state index in [1.54, 1.807) is 23.6 Å². The van der Waals surface area contributed by atoms with Gasteiger partial charge in [0.25, 0.3) is 0 Å². The molecule has 0 saturated carbocycles. The number of amides is 1. The fourth-order valence-electron chi connectivity index (χ4n) is 3.05. The van der Waals surface area contributed by atoms with Crippen LogP contribution in [0.4, 0.5) is 0 Å². The molecule has 1 amide bonds. The van der Waals surface area contributed by atoms with Crippen LogP contribution in [0.3, 0.4) is 0 Å². The van der Waals surface area contributed by atoms with Gasteiger partial charge in [-0.25, -0.2) is 4.79 Å². The Morgan fingerprint density at radius 2 is 1.68 bits per heavy atom. The maximum absolute atomic E-state index is 12.8. The van der Waals surface area contributed by atoms with Crippen LogP contribution in [0.1, 0.15) is 24.1 Å². The minimum Gasteiger partial charge on any atom is -0.337 e. The molecule has 5 heteroatoms. The number of rotatable bonds is 4. The summed E-state index contributed by atoms with van der Waals surface area (Å²) in [5.41, 5.74) is 3.69. The van der Waals surface area contributed by atoms with E-state index in [1.807, 2.05) is 62.4 Å². The number of likely N-dealkylation sites (N-methyl/N-ethyl adjacent to an activating group) is 1. The molecule has 3 rings (SSSR count). The van der Waals surface area contributed by atoms with Crippen molar-refractivity contribution in [3.8, 4) is 0 Å². The number of imidazole rings is 1. The Labute approximate surface area is 147 Å². The Balaban J connectivity index is 1.86. The van der Waals surface area contributed by atoms with Gasteiger partial charge in [-0.3, -0.25) is 13.9 Å². The van der Waals surface area contributed by atoms with Crippen LogP contribution in [0.25, 0.3) is 11.0 Å². The number of hydrogen-bond donors (Lipinski definition) is 0. The minimum absolute atomic E-state index is 0.0346. The molecular weight excluding hydrogens is 314 g/mol. The molecular formula is C20H23N3O2. The molecule has 0 aliphatic carbocycles. The summed E-state index contributed by atoms with van der Waals surface area (Å²) in [6, 6.07) is 15.6. The fourth-order valence-corrected chi connectivity index (χ4v) is 3.05. The first-order valence-electron chi connectivity index (χ1n) is 8.36. The highest BCUT2D eigenvalue weighted by Gasteiger charge is 2.20. The predicted molar refractivity (Wildman–Crippen MR) is 99.5 cm³/mol. The van der Waals surface area contributed by atoms with E-state index in [2.05, 4.69) is 0 Å². The highest BCUT2D eigenvalue weighted by Crippen LogP contribution is 2.20. The van der Waals surface area contributed by atoms with Crippen LogP contribution in [-0.4, -0.2) is 27.0 Å². The Morgan fingerprint density at radius 1 is 1.08 bits per heavy atom. The number of aromatic nitrogens is 2. The smallest absolute Gasteiger partial charge is 0.329 e. The van der Waals surface area contributed by atoms with Crippen molar-refractivity contribution >= 4 is 16.9 Å². The predicted octanol–water partition coefficient (Wildman–Crippen LogP) is 2.87. The van der Waals surface area contributed by atoms with E-state index in [0.29, 0.717) is 0 Å². The van der Waals surface area contributed by atoms with Crippen molar-refractivity contribution in [2.75, 3.05) is 7.05 Å². The van der Waals surface area contributed by atoms with E-state index in [1.165, 1.54) is 10.1 Å². The molecule has 2 aromatic carbocycles. The molecule has 3 aromatic rings. The molecule has 1 atom stereocenters. The summed E-state index contributed by atoms with van der Waals surface area (Å²) < 4.78 is 3.11. The Morgan fingerprint density at radius 3 is 2.32 bits per heavy atom. The number of carbonyl (C=O) groups is 1. The third-order valence-corrected chi connectivity index (χ3v) is 4.88. The van der Waals surface area contributed by atoms with E-state index >= 15 is 0 Å². The van der Waals surface area contributed by atoms with Crippen molar-refractivity contribution in [1.82, 2.24) is 14.0 Å². The van der Waals surface area contributed by atoms with Gasteiger partial charge in [-0.15, -0.1) is 0 Å². The number of para-hydroxylation sites is 2. The number of carbonyl (C=O) groups excluding carboxylic acids is 1. The van der Waals surface area contributed by atoms with Crippen molar-refractivity contribution in [3.05, 3.63) is 70.1 Å². The molecule has 1 unspecified atom stereocenters. The molecule has 5 nitrogen and oxygen atoms in total. The van der Waals surface area contributed by atoms with Gasteiger partial charge in [0.1, 0.15) is 6.54 Å². The van der Waals surface area contributed by atoms with Gasteiger partial charge in [-0.1, -0.05) is 42.0 Å². The van der Waals surface area contributed by atoms with Crippen molar-refractivity contribution in [1.29, 1.82) is 0 Å². The SMILES string of the molecule is Cc1ccc(C(C)N(C)C(=O)Cn2c(=O)n(C)c3ccccc32)cc1. The van der Waals surface area contributed by atoms with Crippen molar-refractivity contribution in [2.24, 2.45) is 7.05 Å². The van der Waals surface area contributed by atoms with Crippen molar-refractivity contribution in [2.45, 2.75) is 26.4 Å². The van der Waals surface area contributed by atoms with Crippen LogP contribution in [0.2, 0.25) is 0 Å². The summed E-state index contributed by atoms with van der Waals surface area (Å²) in [5.74, 6) is -0.0912. The monoisotopic (exact) mass is 337 g/mol. The Kier molecular flexibility index (Phi) is 4.49. The largest absolute Gasteiger partial charge is 0.337 e. The standard InChI is InChI=1S/C20H23N3O2/c1-14-9-11-16(12-10-14)15(2)21(3)19(24)13-23-18-8-6-5-7-17(18)22(4)20(23)25/h5-12,15H,13H2,1-4H3. The lowest BCUT2D eigenvalue weighted by Gasteiger charge is -2.25. The quantitative estimate of drug-likeness (QED) is 0.735. The lowest BCUT2D eigenvalue weighted by Crippen LogP contribution is -2.35. The summed E-state index contributed by atoms with van der Waals surface area (Å²) >= 11 is 0. The number of hydrogen-bond acceptors (Lipinski definition) is 2. The Bertz CT molecular complexity index is 967. The molecule has 0 fully saturated rings. The first kappa shape index (κ1) is 17.0. The summed E-state index contributed by atoms with van der Waals surface area (Å²) in [4.78, 5) is 26.9. The maximum atomic E-state index is 12.8. The summed E-state index contributed by atoms with van der Waals surface area (Å²) in [7, 11) is 3.51. The van der Waals surface area contributed by atoms with Crippen LogP contribution < -0.4 is 5.69 Å². The second-order valence-electron chi connectivity index (χ2n) is 6.51. The molecule has 0 aliphatic rings. The lowest BCUT2D eigenvalue weighted by atomic mass is 10.1. The van der Waals surface area contributed by atoms with Crippen LogP contribution in [0.5, 0.6) is 0 Å². The number of benzene rings is 2. The second kappa shape index (κ2) is 6.59. The van der Waals surface area contributed by atoms with E-state index in [0.717, 1.165) is 16.6 Å². The highest BCUT2D eigenvalue weighted by molar-refractivity contribution is 5.81. The van der Waals surface area contributed by atoms with Crippen LogP contribution in [0.15, 0.2) is 53.3 Å². The number of aryl methyl sites for hydroxylation is 2.